The molecule has 0 bridgehead atoms. The van der Waals surface area contributed by atoms with E-state index in [4.69, 9.17) is 0 Å². The predicted molar refractivity (Wildman–Crippen MR) is 118 cm³/mol. The quantitative estimate of drug-likeness (QED) is 0.320. The third kappa shape index (κ3) is 6.41. The van der Waals surface area contributed by atoms with Crippen LogP contribution >= 0.6 is 0 Å². The van der Waals surface area contributed by atoms with Gasteiger partial charge in [0.15, 0.2) is 5.78 Å². The van der Waals surface area contributed by atoms with Crippen molar-refractivity contribution in [1.82, 2.24) is 0 Å². The molecule has 5 nitrogen and oxygen atoms in total. The van der Waals surface area contributed by atoms with Crippen molar-refractivity contribution in [1.29, 1.82) is 0 Å². The van der Waals surface area contributed by atoms with Crippen LogP contribution < -0.4 is 0 Å². The maximum absolute atomic E-state index is 12.7. The SMILES string of the molecule is CC(C)=CCC/C(C)=C/Cc1c(O)cc(O)c(C(=O)CCc2ccc(O)cc2)c1O. The first-order valence-corrected chi connectivity index (χ1v) is 10.1. The summed E-state index contributed by atoms with van der Waals surface area (Å²) in [7, 11) is 0. The van der Waals surface area contributed by atoms with E-state index in [1.54, 1.807) is 24.3 Å². The van der Waals surface area contributed by atoms with Crippen molar-refractivity contribution in [3.05, 3.63) is 70.3 Å². The Morgan fingerprint density at radius 3 is 2.20 bits per heavy atom. The van der Waals surface area contributed by atoms with Gasteiger partial charge in [-0.05, 0) is 64.2 Å². The van der Waals surface area contributed by atoms with Gasteiger partial charge in [0.25, 0.3) is 0 Å². The number of allylic oxidation sites excluding steroid dienone is 4. The average molecular weight is 411 g/mol. The fourth-order valence-electron chi connectivity index (χ4n) is 3.17. The molecule has 0 saturated heterocycles. The molecule has 0 unspecified atom stereocenters. The second kappa shape index (κ2) is 10.5. The van der Waals surface area contributed by atoms with Gasteiger partial charge in [-0.3, -0.25) is 4.79 Å². The fraction of sp³-hybridized carbons (Fsp3) is 0.320. The Morgan fingerprint density at radius 2 is 1.57 bits per heavy atom. The lowest BCUT2D eigenvalue weighted by Gasteiger charge is -2.13. The van der Waals surface area contributed by atoms with Crippen molar-refractivity contribution in [3.8, 4) is 23.0 Å². The average Bonchev–Trinajstić information content (AvgIpc) is 2.66. The number of rotatable bonds is 9. The third-order valence-corrected chi connectivity index (χ3v) is 4.96. The summed E-state index contributed by atoms with van der Waals surface area (Å²) in [6.07, 6.45) is 6.58. The monoisotopic (exact) mass is 410 g/mol. The van der Waals surface area contributed by atoms with Crippen LogP contribution in [0, 0.1) is 0 Å². The molecule has 0 aliphatic heterocycles. The van der Waals surface area contributed by atoms with Crippen LogP contribution in [0.4, 0.5) is 0 Å². The molecule has 0 heterocycles. The van der Waals surface area contributed by atoms with Crippen molar-refractivity contribution in [2.75, 3.05) is 0 Å². The van der Waals surface area contributed by atoms with Crippen molar-refractivity contribution in [2.24, 2.45) is 0 Å². The maximum atomic E-state index is 12.7. The van der Waals surface area contributed by atoms with Gasteiger partial charge in [-0.15, -0.1) is 0 Å². The molecule has 4 N–H and O–H groups in total. The predicted octanol–water partition coefficient (Wildman–Crippen LogP) is 5.56. The number of benzene rings is 2. The van der Waals surface area contributed by atoms with E-state index in [1.165, 1.54) is 5.57 Å². The molecule has 0 saturated carbocycles. The number of ketones is 1. The van der Waals surface area contributed by atoms with Crippen LogP contribution in [0.3, 0.4) is 0 Å². The molecule has 0 atom stereocenters. The van der Waals surface area contributed by atoms with Crippen LogP contribution in [0.25, 0.3) is 0 Å². The van der Waals surface area contributed by atoms with Gasteiger partial charge in [0, 0.05) is 18.1 Å². The summed E-state index contributed by atoms with van der Waals surface area (Å²) in [6, 6.07) is 7.62. The Balaban J connectivity index is 2.15. The molecular weight excluding hydrogens is 380 g/mol. The molecule has 2 rings (SSSR count). The largest absolute Gasteiger partial charge is 0.508 e. The number of carbonyl (C=O) groups excluding carboxylic acids is 1. The van der Waals surface area contributed by atoms with Crippen molar-refractivity contribution in [3.63, 3.8) is 0 Å². The molecule has 0 aliphatic rings. The number of phenolic OH excluding ortho intramolecular Hbond substituents is 4. The lowest BCUT2D eigenvalue weighted by molar-refractivity contribution is 0.0977. The zero-order valence-corrected chi connectivity index (χ0v) is 17.8. The Labute approximate surface area is 177 Å². The third-order valence-electron chi connectivity index (χ3n) is 4.96. The highest BCUT2D eigenvalue weighted by atomic mass is 16.3. The fourth-order valence-corrected chi connectivity index (χ4v) is 3.17. The number of hydrogen-bond donors (Lipinski definition) is 4. The van der Waals surface area contributed by atoms with E-state index in [-0.39, 0.29) is 41.2 Å². The maximum Gasteiger partial charge on any atom is 0.170 e. The van der Waals surface area contributed by atoms with Crippen LogP contribution in [0.2, 0.25) is 0 Å². The van der Waals surface area contributed by atoms with Crippen molar-refractivity contribution >= 4 is 5.78 Å². The Morgan fingerprint density at radius 1 is 0.900 bits per heavy atom. The van der Waals surface area contributed by atoms with E-state index < -0.39 is 11.5 Å². The minimum Gasteiger partial charge on any atom is -0.508 e. The summed E-state index contributed by atoms with van der Waals surface area (Å²) < 4.78 is 0. The van der Waals surface area contributed by atoms with E-state index in [9.17, 15) is 25.2 Å². The Kier molecular flexibility index (Phi) is 8.10. The summed E-state index contributed by atoms with van der Waals surface area (Å²) in [5.74, 6) is -1.32. The van der Waals surface area contributed by atoms with Crippen LogP contribution in [-0.4, -0.2) is 26.2 Å². The van der Waals surface area contributed by atoms with Gasteiger partial charge in [0.2, 0.25) is 0 Å². The number of aromatic hydroxyl groups is 4. The molecule has 160 valence electrons. The number of hydrogen-bond acceptors (Lipinski definition) is 5. The first-order valence-electron chi connectivity index (χ1n) is 10.1. The van der Waals surface area contributed by atoms with Crippen molar-refractivity contribution in [2.45, 2.75) is 52.9 Å². The number of Topliss-reactive ketones (excluding diaryl/α,β-unsaturated/α-hetero) is 1. The molecule has 0 aromatic heterocycles. The minimum absolute atomic E-state index is 0.0771. The summed E-state index contributed by atoms with van der Waals surface area (Å²) >= 11 is 0. The second-order valence-electron chi connectivity index (χ2n) is 7.78. The molecular formula is C25H30O5. The van der Waals surface area contributed by atoms with Crippen molar-refractivity contribution < 1.29 is 25.2 Å². The van der Waals surface area contributed by atoms with Gasteiger partial charge in [-0.25, -0.2) is 0 Å². The summed E-state index contributed by atoms with van der Waals surface area (Å²) in [5, 5.41) is 40.3. The lowest BCUT2D eigenvalue weighted by Crippen LogP contribution is -2.04. The molecule has 5 heteroatoms. The second-order valence-corrected chi connectivity index (χ2v) is 7.78. The van der Waals surface area contributed by atoms with Gasteiger partial charge in [-0.2, -0.15) is 0 Å². The Hall–Kier alpha value is -3.21. The highest BCUT2D eigenvalue weighted by Gasteiger charge is 2.22. The summed E-state index contributed by atoms with van der Waals surface area (Å²) in [4.78, 5) is 12.7. The first kappa shape index (κ1) is 23.1. The standard InChI is InChI=1S/C25H30O5/c1-16(2)5-4-6-17(3)7-13-20-22(28)15-23(29)24(25(20)30)21(27)14-10-18-8-11-19(26)12-9-18/h5,7-9,11-12,15,26,28-30H,4,6,10,13-14H2,1-3H3/b17-7+. The highest BCUT2D eigenvalue weighted by Crippen LogP contribution is 2.39. The molecule has 0 amide bonds. The molecule has 0 spiro atoms. The molecule has 0 aliphatic carbocycles. The van der Waals surface area contributed by atoms with Gasteiger partial charge >= 0.3 is 0 Å². The van der Waals surface area contributed by atoms with E-state index in [0.29, 0.717) is 6.42 Å². The van der Waals surface area contributed by atoms with Gasteiger partial charge in [0.05, 0.1) is 0 Å². The van der Waals surface area contributed by atoms with Gasteiger partial charge in [0.1, 0.15) is 28.6 Å². The molecule has 0 fully saturated rings. The molecule has 2 aromatic rings. The Bertz CT molecular complexity index is 948. The van der Waals surface area contributed by atoms with Gasteiger partial charge < -0.3 is 20.4 Å². The van der Waals surface area contributed by atoms with Crippen LogP contribution in [0.15, 0.2) is 53.6 Å². The van der Waals surface area contributed by atoms with E-state index >= 15 is 0 Å². The molecule has 0 radical (unpaired) electrons. The normalized spacial score (nSPS) is 11.4. The number of carbonyl (C=O) groups is 1. The molecule has 30 heavy (non-hydrogen) atoms. The smallest absolute Gasteiger partial charge is 0.170 e. The van der Waals surface area contributed by atoms with Gasteiger partial charge in [-0.1, -0.05) is 35.4 Å². The minimum atomic E-state index is -0.436. The topological polar surface area (TPSA) is 98.0 Å². The first-order chi connectivity index (χ1) is 14.2. The molecule has 2 aromatic carbocycles. The lowest BCUT2D eigenvalue weighted by atomic mass is 9.96. The summed E-state index contributed by atoms with van der Waals surface area (Å²) in [5.41, 5.74) is 3.28. The highest BCUT2D eigenvalue weighted by molar-refractivity contribution is 6.02. The van der Waals surface area contributed by atoms with Crippen LogP contribution in [0.5, 0.6) is 23.0 Å². The number of aryl methyl sites for hydroxylation is 1. The zero-order chi connectivity index (χ0) is 22.3. The van der Waals surface area contributed by atoms with E-state index in [2.05, 4.69) is 6.08 Å². The van der Waals surface area contributed by atoms with E-state index in [1.807, 2.05) is 26.8 Å². The summed E-state index contributed by atoms with van der Waals surface area (Å²) in [6.45, 7) is 6.08. The van der Waals surface area contributed by atoms with Crippen LogP contribution in [-0.2, 0) is 12.8 Å². The van der Waals surface area contributed by atoms with E-state index in [0.717, 1.165) is 30.0 Å². The zero-order valence-electron chi connectivity index (χ0n) is 17.8. The van der Waals surface area contributed by atoms with Crippen LogP contribution in [0.1, 0.15) is 61.5 Å². The number of phenols is 4.